The summed E-state index contributed by atoms with van der Waals surface area (Å²) in [4.78, 5) is 29.2. The molecule has 0 fully saturated rings. The molecule has 0 saturated carbocycles. The summed E-state index contributed by atoms with van der Waals surface area (Å²) in [5.41, 5.74) is 1.21. The summed E-state index contributed by atoms with van der Waals surface area (Å²) in [7, 11) is 0. The Morgan fingerprint density at radius 2 is 1.91 bits per heavy atom. The van der Waals surface area contributed by atoms with Crippen molar-refractivity contribution in [2.45, 2.75) is 33.1 Å². The Balaban J connectivity index is 1.58. The highest BCUT2D eigenvalue weighted by Crippen LogP contribution is 2.27. The second kappa shape index (κ2) is 9.74. The molecule has 0 aliphatic carbocycles. The highest BCUT2D eigenvalue weighted by atomic mass is 32.1. The van der Waals surface area contributed by atoms with Crippen molar-refractivity contribution in [1.82, 2.24) is 14.6 Å². The number of rotatable bonds is 8. The zero-order chi connectivity index (χ0) is 22.5. The third-order valence-corrected chi connectivity index (χ3v) is 5.72. The summed E-state index contributed by atoms with van der Waals surface area (Å²) in [5, 5.41) is 4.35. The molecule has 7 nitrogen and oxygen atoms in total. The molecule has 0 spiro atoms. The second-order valence-electron chi connectivity index (χ2n) is 7.26. The van der Waals surface area contributed by atoms with E-state index in [0.29, 0.717) is 33.2 Å². The van der Waals surface area contributed by atoms with Gasteiger partial charge < -0.3 is 9.47 Å². The van der Waals surface area contributed by atoms with Gasteiger partial charge in [0.1, 0.15) is 11.5 Å². The SMILES string of the molecule is CCCCCOc1ccc(C=c2sc3nc(-c4ccccc4OC(C)=O)nn3c2=O)cc1. The first kappa shape index (κ1) is 21.7. The van der Waals surface area contributed by atoms with Gasteiger partial charge in [-0.3, -0.25) is 9.59 Å². The van der Waals surface area contributed by atoms with E-state index >= 15 is 0 Å². The zero-order valence-corrected chi connectivity index (χ0v) is 18.7. The smallest absolute Gasteiger partial charge is 0.308 e. The Hall–Kier alpha value is -3.52. The molecule has 0 N–H and O–H groups in total. The number of hydrogen-bond acceptors (Lipinski definition) is 7. The first-order chi connectivity index (χ1) is 15.5. The van der Waals surface area contributed by atoms with Gasteiger partial charge in [0.25, 0.3) is 5.56 Å². The molecule has 0 saturated heterocycles. The summed E-state index contributed by atoms with van der Waals surface area (Å²) in [6.07, 6.45) is 5.17. The zero-order valence-electron chi connectivity index (χ0n) is 17.9. The van der Waals surface area contributed by atoms with Crippen LogP contribution in [-0.2, 0) is 4.79 Å². The lowest BCUT2D eigenvalue weighted by molar-refractivity contribution is -0.131. The van der Waals surface area contributed by atoms with Crippen LogP contribution in [0.3, 0.4) is 0 Å². The number of carbonyl (C=O) groups is 1. The van der Waals surface area contributed by atoms with Crippen molar-refractivity contribution in [1.29, 1.82) is 0 Å². The van der Waals surface area contributed by atoms with Crippen LogP contribution in [0.5, 0.6) is 11.5 Å². The van der Waals surface area contributed by atoms with Gasteiger partial charge in [-0.2, -0.15) is 9.50 Å². The Kier molecular flexibility index (Phi) is 6.61. The molecule has 0 amide bonds. The quantitative estimate of drug-likeness (QED) is 0.231. The minimum Gasteiger partial charge on any atom is -0.494 e. The molecule has 0 aliphatic rings. The number of nitrogens with zero attached hydrogens (tertiary/aromatic N) is 3. The van der Waals surface area contributed by atoms with Crippen LogP contribution in [0.15, 0.2) is 53.3 Å². The average Bonchev–Trinajstić information content (AvgIpc) is 3.32. The van der Waals surface area contributed by atoms with Crippen LogP contribution in [-0.4, -0.2) is 27.2 Å². The van der Waals surface area contributed by atoms with Crippen molar-refractivity contribution < 1.29 is 14.3 Å². The normalized spacial score (nSPS) is 11.8. The maximum atomic E-state index is 12.8. The highest BCUT2D eigenvalue weighted by molar-refractivity contribution is 7.15. The molecule has 32 heavy (non-hydrogen) atoms. The number of para-hydroxylation sites is 1. The molecule has 4 aromatic rings. The number of esters is 1. The average molecular weight is 450 g/mol. The van der Waals surface area contributed by atoms with Crippen molar-refractivity contribution in [2.24, 2.45) is 0 Å². The van der Waals surface area contributed by atoms with Gasteiger partial charge in [-0.05, 0) is 42.3 Å². The van der Waals surface area contributed by atoms with Crippen molar-refractivity contribution in [2.75, 3.05) is 6.61 Å². The molecule has 0 unspecified atom stereocenters. The molecule has 2 aromatic carbocycles. The molecular weight excluding hydrogens is 426 g/mol. The van der Waals surface area contributed by atoms with Gasteiger partial charge >= 0.3 is 5.97 Å². The number of aromatic nitrogens is 3. The minimum atomic E-state index is -0.433. The Morgan fingerprint density at radius 1 is 1.12 bits per heavy atom. The minimum absolute atomic E-state index is 0.242. The van der Waals surface area contributed by atoms with E-state index in [4.69, 9.17) is 9.47 Å². The molecule has 0 bridgehead atoms. The standard InChI is InChI=1S/C24H23N3O4S/c1-3-4-7-14-30-18-12-10-17(11-13-18)15-21-23(29)27-24(32-21)25-22(26-27)19-8-5-6-9-20(19)31-16(2)28/h5-6,8-13,15H,3-4,7,14H2,1-2H3. The molecule has 4 rings (SSSR count). The number of thiazole rings is 1. The third-order valence-electron chi connectivity index (χ3n) is 4.76. The van der Waals surface area contributed by atoms with Crippen LogP contribution in [0, 0.1) is 0 Å². The van der Waals surface area contributed by atoms with E-state index in [0.717, 1.165) is 30.6 Å². The summed E-state index contributed by atoms with van der Waals surface area (Å²) in [6, 6.07) is 14.6. The van der Waals surface area contributed by atoms with Gasteiger partial charge in [0.05, 0.1) is 16.7 Å². The van der Waals surface area contributed by atoms with Crippen molar-refractivity contribution in [3.63, 3.8) is 0 Å². The molecule has 0 atom stereocenters. The van der Waals surface area contributed by atoms with E-state index in [1.165, 1.54) is 22.8 Å². The maximum absolute atomic E-state index is 12.8. The molecule has 0 radical (unpaired) electrons. The fraction of sp³-hybridized carbons (Fsp3) is 0.250. The van der Waals surface area contributed by atoms with Crippen molar-refractivity contribution in [3.8, 4) is 22.9 Å². The van der Waals surface area contributed by atoms with Crippen LogP contribution >= 0.6 is 11.3 Å². The Labute approximate surface area is 188 Å². The maximum Gasteiger partial charge on any atom is 0.308 e. The van der Waals surface area contributed by atoms with Gasteiger partial charge in [-0.1, -0.05) is 55.4 Å². The van der Waals surface area contributed by atoms with E-state index in [-0.39, 0.29) is 5.56 Å². The van der Waals surface area contributed by atoms with Gasteiger partial charge in [-0.25, -0.2) is 0 Å². The first-order valence-electron chi connectivity index (χ1n) is 10.5. The van der Waals surface area contributed by atoms with E-state index < -0.39 is 5.97 Å². The summed E-state index contributed by atoms with van der Waals surface area (Å²) < 4.78 is 12.8. The summed E-state index contributed by atoms with van der Waals surface area (Å²) in [5.74, 6) is 1.08. The lowest BCUT2D eigenvalue weighted by atomic mass is 10.2. The van der Waals surface area contributed by atoms with Gasteiger partial charge in [-0.15, -0.1) is 5.10 Å². The fourth-order valence-corrected chi connectivity index (χ4v) is 4.10. The number of fused-ring (bicyclic) bond motifs is 1. The van der Waals surface area contributed by atoms with Crippen molar-refractivity contribution >= 4 is 28.3 Å². The number of benzene rings is 2. The topological polar surface area (TPSA) is 82.8 Å². The number of hydrogen-bond donors (Lipinski definition) is 0. The molecule has 2 heterocycles. The predicted molar refractivity (Wildman–Crippen MR) is 124 cm³/mol. The first-order valence-corrected chi connectivity index (χ1v) is 11.3. The third kappa shape index (κ3) is 4.86. The molecule has 164 valence electrons. The van der Waals surface area contributed by atoms with Gasteiger partial charge in [0, 0.05) is 6.92 Å². The van der Waals surface area contributed by atoms with Gasteiger partial charge in [0.15, 0.2) is 5.82 Å². The van der Waals surface area contributed by atoms with E-state index in [9.17, 15) is 9.59 Å². The van der Waals surface area contributed by atoms with E-state index in [1.807, 2.05) is 30.3 Å². The lowest BCUT2D eigenvalue weighted by Crippen LogP contribution is -2.23. The van der Waals surface area contributed by atoms with E-state index in [2.05, 4.69) is 17.0 Å². The Bertz CT molecular complexity index is 1340. The number of ether oxygens (including phenoxy) is 2. The van der Waals surface area contributed by atoms with Crippen LogP contribution in [0.4, 0.5) is 0 Å². The largest absolute Gasteiger partial charge is 0.494 e. The fourth-order valence-electron chi connectivity index (χ4n) is 3.20. The molecular formula is C24H23N3O4S. The van der Waals surface area contributed by atoms with Crippen LogP contribution in [0.1, 0.15) is 38.7 Å². The van der Waals surface area contributed by atoms with E-state index in [1.54, 1.807) is 24.3 Å². The van der Waals surface area contributed by atoms with Crippen LogP contribution in [0.2, 0.25) is 0 Å². The molecule has 8 heteroatoms. The van der Waals surface area contributed by atoms with Gasteiger partial charge in [0.2, 0.25) is 4.96 Å². The van der Waals surface area contributed by atoms with Crippen LogP contribution < -0.4 is 19.6 Å². The lowest BCUT2D eigenvalue weighted by Gasteiger charge is -2.05. The highest BCUT2D eigenvalue weighted by Gasteiger charge is 2.16. The molecule has 0 aliphatic heterocycles. The van der Waals surface area contributed by atoms with Crippen LogP contribution in [0.25, 0.3) is 22.4 Å². The molecule has 2 aromatic heterocycles. The summed E-state index contributed by atoms with van der Waals surface area (Å²) >= 11 is 1.26. The number of unbranched alkanes of at least 4 members (excludes halogenated alkanes) is 2. The Morgan fingerprint density at radius 3 is 2.62 bits per heavy atom. The second-order valence-corrected chi connectivity index (χ2v) is 8.27. The summed E-state index contributed by atoms with van der Waals surface area (Å²) in [6.45, 7) is 4.20. The monoisotopic (exact) mass is 449 g/mol. The van der Waals surface area contributed by atoms with Crippen molar-refractivity contribution in [3.05, 3.63) is 69.0 Å². The number of carbonyl (C=O) groups excluding carboxylic acids is 1. The predicted octanol–water partition coefficient (Wildman–Crippen LogP) is 3.86.